The number of imidazole rings is 1. The van der Waals surface area contributed by atoms with E-state index in [2.05, 4.69) is 55.4 Å². The van der Waals surface area contributed by atoms with E-state index in [1.165, 1.54) is 5.69 Å². The molecule has 0 radical (unpaired) electrons. The predicted molar refractivity (Wildman–Crippen MR) is 138 cm³/mol. The number of azide groups is 1. The van der Waals surface area contributed by atoms with Crippen molar-refractivity contribution in [3.8, 4) is 17.1 Å². The van der Waals surface area contributed by atoms with Crippen molar-refractivity contribution < 1.29 is 9.53 Å². The molecule has 1 aliphatic rings. The van der Waals surface area contributed by atoms with Crippen LogP contribution in [0.2, 0.25) is 0 Å². The SMILES string of the molecule is CN1CCN(c2ccc3nc(-c4ccc(OCCCC(=O)NCCCN=[N+]=[N-])cc4)[nH]c3c2)CC1. The number of hydrogen-bond donors (Lipinski definition) is 2. The van der Waals surface area contributed by atoms with Gasteiger partial charge in [-0.1, -0.05) is 5.11 Å². The number of anilines is 1. The van der Waals surface area contributed by atoms with Crippen LogP contribution in [0, 0.1) is 0 Å². The number of H-pyrrole nitrogens is 1. The van der Waals surface area contributed by atoms with E-state index in [1.54, 1.807) is 0 Å². The lowest BCUT2D eigenvalue weighted by molar-refractivity contribution is -0.121. The number of carbonyl (C=O) groups is 1. The Hall–Kier alpha value is -3.75. The van der Waals surface area contributed by atoms with Crippen LogP contribution in [0.3, 0.4) is 0 Å². The van der Waals surface area contributed by atoms with Gasteiger partial charge in [0.25, 0.3) is 0 Å². The lowest BCUT2D eigenvalue weighted by atomic mass is 10.2. The highest BCUT2D eigenvalue weighted by atomic mass is 16.5. The highest BCUT2D eigenvalue weighted by Gasteiger charge is 2.15. The van der Waals surface area contributed by atoms with Gasteiger partial charge < -0.3 is 24.8 Å². The van der Waals surface area contributed by atoms with E-state index in [-0.39, 0.29) is 5.91 Å². The van der Waals surface area contributed by atoms with Gasteiger partial charge >= 0.3 is 0 Å². The molecule has 2 N–H and O–H groups in total. The van der Waals surface area contributed by atoms with Gasteiger partial charge in [0.05, 0.1) is 17.6 Å². The Morgan fingerprint density at radius 3 is 2.74 bits per heavy atom. The van der Waals surface area contributed by atoms with Crippen LogP contribution < -0.4 is 15.0 Å². The quantitative estimate of drug-likeness (QED) is 0.188. The van der Waals surface area contributed by atoms with Gasteiger partial charge in [-0.15, -0.1) is 0 Å². The van der Waals surface area contributed by atoms with Crippen molar-refractivity contribution in [3.63, 3.8) is 0 Å². The highest BCUT2D eigenvalue weighted by Crippen LogP contribution is 2.26. The average molecular weight is 477 g/mol. The zero-order valence-corrected chi connectivity index (χ0v) is 20.1. The minimum atomic E-state index is -0.0226. The smallest absolute Gasteiger partial charge is 0.220 e. The molecule has 2 aromatic carbocycles. The lowest BCUT2D eigenvalue weighted by Crippen LogP contribution is -2.44. The van der Waals surface area contributed by atoms with Crippen molar-refractivity contribution in [2.24, 2.45) is 5.11 Å². The summed E-state index contributed by atoms with van der Waals surface area (Å²) in [6, 6.07) is 14.2. The van der Waals surface area contributed by atoms with Crippen molar-refractivity contribution in [2.75, 3.05) is 57.8 Å². The van der Waals surface area contributed by atoms with Crippen LogP contribution in [0.25, 0.3) is 32.9 Å². The fraction of sp³-hybridized carbons (Fsp3) is 0.440. The fourth-order valence-corrected chi connectivity index (χ4v) is 4.04. The maximum Gasteiger partial charge on any atom is 0.220 e. The van der Waals surface area contributed by atoms with Crippen LogP contribution >= 0.6 is 0 Å². The van der Waals surface area contributed by atoms with Crippen molar-refractivity contribution >= 4 is 22.6 Å². The topological polar surface area (TPSA) is 122 Å². The van der Waals surface area contributed by atoms with E-state index < -0.39 is 0 Å². The Labute approximate surface area is 204 Å². The van der Waals surface area contributed by atoms with Gasteiger partial charge in [0.1, 0.15) is 11.6 Å². The lowest BCUT2D eigenvalue weighted by Gasteiger charge is -2.34. The maximum absolute atomic E-state index is 11.8. The second kappa shape index (κ2) is 12.1. The van der Waals surface area contributed by atoms with Crippen LogP contribution in [-0.4, -0.2) is 73.7 Å². The Bertz CT molecular complexity index is 1160. The molecule has 1 saturated heterocycles. The third kappa shape index (κ3) is 6.88. The number of amides is 1. The monoisotopic (exact) mass is 476 g/mol. The molecule has 0 atom stereocenters. The number of ether oxygens (including phenoxy) is 1. The summed E-state index contributed by atoms with van der Waals surface area (Å²) in [5.41, 5.74) is 12.4. The molecule has 35 heavy (non-hydrogen) atoms. The number of fused-ring (bicyclic) bond motifs is 1. The summed E-state index contributed by atoms with van der Waals surface area (Å²) < 4.78 is 5.78. The van der Waals surface area contributed by atoms with Crippen LogP contribution in [0.15, 0.2) is 47.6 Å². The maximum atomic E-state index is 11.8. The molecule has 10 heteroatoms. The standard InChI is InChI=1S/C25H32N8O2/c1-32-13-15-33(16-14-32)20-7-10-22-23(18-20)30-25(29-22)19-5-8-21(9-6-19)35-17-2-4-24(34)27-11-3-12-28-31-26/h5-10,18H,2-4,11-17H2,1H3,(H,27,34)(H,29,30). The summed E-state index contributed by atoms with van der Waals surface area (Å²) in [5, 5.41) is 6.25. The van der Waals surface area contributed by atoms with Crippen LogP contribution in [-0.2, 0) is 4.79 Å². The number of aromatic nitrogens is 2. The van der Waals surface area contributed by atoms with Gasteiger partial charge in [-0.05, 0) is 67.9 Å². The predicted octanol–water partition coefficient (Wildman–Crippen LogP) is 3.96. The number of nitrogens with zero attached hydrogens (tertiary/aromatic N) is 6. The first-order valence-corrected chi connectivity index (χ1v) is 12.1. The molecule has 4 rings (SSSR count). The van der Waals surface area contributed by atoms with Crippen LogP contribution in [0.1, 0.15) is 19.3 Å². The summed E-state index contributed by atoms with van der Waals surface area (Å²) >= 11 is 0. The summed E-state index contributed by atoms with van der Waals surface area (Å²) in [6.45, 7) is 5.59. The molecule has 2 heterocycles. The molecule has 0 unspecified atom stereocenters. The zero-order chi connectivity index (χ0) is 24.5. The second-order valence-corrected chi connectivity index (χ2v) is 8.71. The molecule has 1 aliphatic heterocycles. The first-order chi connectivity index (χ1) is 17.1. The van der Waals surface area contributed by atoms with Crippen molar-refractivity contribution in [1.82, 2.24) is 20.2 Å². The Kier molecular flexibility index (Phi) is 8.43. The minimum Gasteiger partial charge on any atom is -0.494 e. The van der Waals surface area contributed by atoms with Crippen molar-refractivity contribution in [2.45, 2.75) is 19.3 Å². The molecule has 1 amide bonds. The molecular formula is C25H32N8O2. The molecule has 0 bridgehead atoms. The van der Waals surface area contributed by atoms with Gasteiger partial charge in [0, 0.05) is 61.9 Å². The third-order valence-corrected chi connectivity index (χ3v) is 6.10. The van der Waals surface area contributed by atoms with E-state index in [1.807, 2.05) is 24.3 Å². The molecule has 1 fully saturated rings. The largest absolute Gasteiger partial charge is 0.494 e. The molecule has 0 saturated carbocycles. The number of hydrogen-bond acceptors (Lipinski definition) is 6. The molecule has 0 aliphatic carbocycles. The summed E-state index contributed by atoms with van der Waals surface area (Å²) in [4.78, 5) is 27.5. The average Bonchev–Trinajstić information content (AvgIpc) is 3.31. The second-order valence-electron chi connectivity index (χ2n) is 8.71. The van der Waals surface area contributed by atoms with E-state index in [0.717, 1.165) is 54.3 Å². The first kappa shape index (κ1) is 24.4. The number of carbonyl (C=O) groups excluding carboxylic acids is 1. The molecular weight excluding hydrogens is 444 g/mol. The van der Waals surface area contributed by atoms with Crippen LogP contribution in [0.4, 0.5) is 5.69 Å². The normalized spacial score (nSPS) is 14.0. The highest BCUT2D eigenvalue weighted by molar-refractivity contribution is 5.83. The number of aromatic amines is 1. The van der Waals surface area contributed by atoms with Gasteiger partial charge in [-0.3, -0.25) is 4.79 Å². The zero-order valence-electron chi connectivity index (χ0n) is 20.1. The fourth-order valence-electron chi connectivity index (χ4n) is 4.04. The summed E-state index contributed by atoms with van der Waals surface area (Å²) in [7, 11) is 2.16. The number of benzene rings is 2. The third-order valence-electron chi connectivity index (χ3n) is 6.10. The molecule has 10 nitrogen and oxygen atoms in total. The van der Waals surface area contributed by atoms with E-state index in [9.17, 15) is 4.79 Å². The first-order valence-electron chi connectivity index (χ1n) is 12.1. The number of rotatable bonds is 11. The molecule has 1 aromatic heterocycles. The van der Waals surface area contributed by atoms with Gasteiger partial charge in [0.2, 0.25) is 5.91 Å². The van der Waals surface area contributed by atoms with E-state index in [0.29, 0.717) is 39.0 Å². The Morgan fingerprint density at radius 2 is 1.97 bits per heavy atom. The minimum absolute atomic E-state index is 0.0226. The Morgan fingerprint density at radius 1 is 1.17 bits per heavy atom. The van der Waals surface area contributed by atoms with E-state index in [4.69, 9.17) is 15.3 Å². The van der Waals surface area contributed by atoms with Gasteiger partial charge in [-0.2, -0.15) is 0 Å². The number of nitrogens with one attached hydrogen (secondary N) is 2. The summed E-state index contributed by atoms with van der Waals surface area (Å²) in [5.74, 6) is 1.57. The molecule has 0 spiro atoms. The van der Waals surface area contributed by atoms with Gasteiger partial charge in [0.15, 0.2) is 0 Å². The molecule has 3 aromatic rings. The van der Waals surface area contributed by atoms with Crippen LogP contribution in [0.5, 0.6) is 5.75 Å². The van der Waals surface area contributed by atoms with Gasteiger partial charge in [-0.25, -0.2) is 4.98 Å². The number of piperazine rings is 1. The van der Waals surface area contributed by atoms with E-state index >= 15 is 0 Å². The van der Waals surface area contributed by atoms with Crippen molar-refractivity contribution in [1.29, 1.82) is 0 Å². The van der Waals surface area contributed by atoms with Crippen molar-refractivity contribution in [3.05, 3.63) is 52.9 Å². The number of likely N-dealkylation sites (N-methyl/N-ethyl adjacent to an activating group) is 1. The summed E-state index contributed by atoms with van der Waals surface area (Å²) in [6.07, 6.45) is 1.67. The molecule has 184 valence electrons. The Balaban J connectivity index is 1.25.